The highest BCUT2D eigenvalue weighted by Gasteiger charge is 2.58. The predicted octanol–water partition coefficient (Wildman–Crippen LogP) is 3.39. The number of aromatic nitrogens is 3. The number of pyridine rings is 1. The quantitative estimate of drug-likeness (QED) is 0.661. The number of nitriles is 1. The monoisotopic (exact) mass is 423 g/mol. The average Bonchev–Trinajstić information content (AvgIpc) is 3.54. The van der Waals surface area contributed by atoms with Crippen molar-refractivity contribution in [1.29, 1.82) is 5.26 Å². The Labute approximate surface area is 174 Å². The number of alkyl halides is 1. The summed E-state index contributed by atoms with van der Waals surface area (Å²) in [5.74, 6) is -0.227. The number of halogens is 2. The Morgan fingerprint density at radius 3 is 2.97 bits per heavy atom. The van der Waals surface area contributed by atoms with Gasteiger partial charge in [-0.2, -0.15) is 5.26 Å². The molecule has 1 aliphatic carbocycles. The molecule has 1 saturated carbocycles. The molecule has 3 atom stereocenters. The zero-order valence-electron chi connectivity index (χ0n) is 15.5. The Balaban J connectivity index is 1.56. The van der Waals surface area contributed by atoms with Gasteiger partial charge >= 0.3 is 0 Å². The van der Waals surface area contributed by atoms with E-state index in [2.05, 4.69) is 25.3 Å². The fraction of sp³-hybridized carbons (Fsp3) is 0.250. The molecule has 3 heterocycles. The van der Waals surface area contributed by atoms with E-state index in [1.54, 1.807) is 12.1 Å². The van der Waals surface area contributed by atoms with Gasteiger partial charge in [-0.05, 0) is 30.7 Å². The maximum Gasteiger partial charge on any atom is 0.160 e. The Kier molecular flexibility index (Phi) is 4.29. The van der Waals surface area contributed by atoms with Crippen LogP contribution in [0.15, 0.2) is 41.8 Å². The van der Waals surface area contributed by atoms with Gasteiger partial charge < -0.3 is 11.1 Å². The number of nitrogens with two attached hydrogens (primary N) is 1. The van der Waals surface area contributed by atoms with Crippen LogP contribution in [-0.4, -0.2) is 32.0 Å². The van der Waals surface area contributed by atoms with Gasteiger partial charge in [-0.15, -0.1) is 0 Å². The topological polar surface area (TPSA) is 113 Å². The molecule has 5 rings (SSSR count). The number of fused-ring (bicyclic) bond motifs is 2. The lowest BCUT2D eigenvalue weighted by Gasteiger charge is -2.31. The minimum absolute atomic E-state index is 0.0875. The lowest BCUT2D eigenvalue weighted by Crippen LogP contribution is -2.36. The highest BCUT2D eigenvalue weighted by molar-refractivity contribution is 8.14. The molecule has 30 heavy (non-hydrogen) atoms. The van der Waals surface area contributed by atoms with Crippen LogP contribution in [-0.2, 0) is 5.54 Å². The third kappa shape index (κ3) is 2.93. The van der Waals surface area contributed by atoms with E-state index in [1.807, 2.05) is 6.07 Å². The van der Waals surface area contributed by atoms with E-state index in [0.29, 0.717) is 28.1 Å². The second-order valence-electron chi connectivity index (χ2n) is 7.25. The molecule has 1 unspecified atom stereocenters. The van der Waals surface area contributed by atoms with Crippen LogP contribution in [0.25, 0.3) is 11.0 Å². The van der Waals surface area contributed by atoms with Crippen LogP contribution in [0.1, 0.15) is 17.5 Å². The molecular weight excluding hydrogens is 408 g/mol. The molecule has 3 aromatic rings. The molecule has 0 bridgehead atoms. The number of benzene rings is 1. The van der Waals surface area contributed by atoms with Crippen LogP contribution in [0, 0.1) is 23.1 Å². The molecule has 0 spiro atoms. The number of anilines is 2. The standard InChI is InChI=1S/C20H15F2N7S/c21-8-20(13-5-16(13)30-19(24)29-20)12-4-11(1-2-14(12)22)28-18-17-15(26-9-27-18)3-10(6-23)7-25-17/h1-4,7,9,13,16H,5,8H2,(H2,24,29)(H,26,27,28)/t13-,16?,20-/m1/s1. The summed E-state index contributed by atoms with van der Waals surface area (Å²) in [5, 5.41) is 12.6. The summed E-state index contributed by atoms with van der Waals surface area (Å²) in [6.45, 7) is -0.829. The van der Waals surface area contributed by atoms with Gasteiger partial charge in [0.25, 0.3) is 0 Å². The number of nitrogens with zero attached hydrogens (tertiary/aromatic N) is 5. The van der Waals surface area contributed by atoms with Crippen molar-refractivity contribution in [3.63, 3.8) is 0 Å². The second-order valence-corrected chi connectivity index (χ2v) is 8.51. The van der Waals surface area contributed by atoms with Gasteiger partial charge in [-0.3, -0.25) is 0 Å². The number of hydrogen-bond donors (Lipinski definition) is 2. The molecular formula is C20H15F2N7S. The Hall–Kier alpha value is -3.32. The SMILES string of the molecule is N#Cc1cnc2c(Nc3ccc(F)c([C@@]4(CF)N=C(N)SC5C[C@H]54)c3)ncnc2c1. The maximum absolute atomic E-state index is 14.8. The predicted molar refractivity (Wildman–Crippen MR) is 110 cm³/mol. The van der Waals surface area contributed by atoms with Gasteiger partial charge in [-0.25, -0.2) is 28.7 Å². The van der Waals surface area contributed by atoms with E-state index in [-0.39, 0.29) is 21.9 Å². The summed E-state index contributed by atoms with van der Waals surface area (Å²) in [5.41, 5.74) is 6.60. The summed E-state index contributed by atoms with van der Waals surface area (Å²) < 4.78 is 29.1. The van der Waals surface area contributed by atoms with E-state index in [0.717, 1.165) is 6.42 Å². The summed E-state index contributed by atoms with van der Waals surface area (Å²) in [7, 11) is 0. The number of aliphatic imine (C=N–C) groups is 1. The second kappa shape index (κ2) is 6.88. The highest BCUT2D eigenvalue weighted by atomic mass is 32.2. The fourth-order valence-electron chi connectivity index (χ4n) is 3.89. The minimum Gasteiger partial charge on any atom is -0.379 e. The normalized spacial score (nSPS) is 24.6. The first kappa shape index (κ1) is 18.7. The van der Waals surface area contributed by atoms with Gasteiger partial charge in [0.1, 0.15) is 35.9 Å². The summed E-state index contributed by atoms with van der Waals surface area (Å²) in [6, 6.07) is 7.99. The Morgan fingerprint density at radius 2 is 2.17 bits per heavy atom. The van der Waals surface area contributed by atoms with Crippen LogP contribution >= 0.6 is 11.8 Å². The summed E-state index contributed by atoms with van der Waals surface area (Å²) in [6.07, 6.45) is 3.52. The van der Waals surface area contributed by atoms with Crippen molar-refractivity contribution < 1.29 is 8.78 Å². The Morgan fingerprint density at radius 1 is 1.30 bits per heavy atom. The zero-order valence-corrected chi connectivity index (χ0v) is 16.3. The van der Waals surface area contributed by atoms with Crippen molar-refractivity contribution in [2.75, 3.05) is 12.0 Å². The fourth-order valence-corrected chi connectivity index (χ4v) is 5.11. The molecule has 0 radical (unpaired) electrons. The molecule has 2 aromatic heterocycles. The number of hydrogen-bond acceptors (Lipinski definition) is 8. The molecule has 10 heteroatoms. The van der Waals surface area contributed by atoms with Crippen molar-refractivity contribution in [2.45, 2.75) is 17.2 Å². The molecule has 0 saturated heterocycles. The van der Waals surface area contributed by atoms with Crippen LogP contribution < -0.4 is 11.1 Å². The van der Waals surface area contributed by atoms with Crippen LogP contribution in [0.3, 0.4) is 0 Å². The van der Waals surface area contributed by atoms with Gasteiger partial charge in [0.05, 0.1) is 11.1 Å². The number of thioether (sulfide) groups is 1. The molecule has 7 nitrogen and oxygen atoms in total. The molecule has 150 valence electrons. The molecule has 1 aliphatic heterocycles. The lowest BCUT2D eigenvalue weighted by molar-refractivity contribution is 0.272. The molecule has 0 amide bonds. The average molecular weight is 423 g/mol. The smallest absolute Gasteiger partial charge is 0.160 e. The molecule has 1 aromatic carbocycles. The largest absolute Gasteiger partial charge is 0.379 e. The van der Waals surface area contributed by atoms with E-state index < -0.39 is 18.0 Å². The Bertz CT molecular complexity index is 1240. The van der Waals surface area contributed by atoms with Crippen LogP contribution in [0.5, 0.6) is 0 Å². The number of amidine groups is 1. The van der Waals surface area contributed by atoms with Gasteiger partial charge in [0, 0.05) is 28.6 Å². The highest BCUT2D eigenvalue weighted by Crippen LogP contribution is 2.58. The third-order valence-corrected chi connectivity index (χ3v) is 6.59. The van der Waals surface area contributed by atoms with E-state index in [9.17, 15) is 8.78 Å². The first-order valence-corrected chi connectivity index (χ1v) is 10.1. The van der Waals surface area contributed by atoms with Crippen molar-refractivity contribution in [3.05, 3.63) is 53.7 Å². The third-order valence-electron chi connectivity index (χ3n) is 5.43. The first-order valence-electron chi connectivity index (χ1n) is 9.20. The summed E-state index contributed by atoms with van der Waals surface area (Å²) in [4.78, 5) is 16.9. The van der Waals surface area contributed by atoms with E-state index in [1.165, 1.54) is 36.4 Å². The number of rotatable bonds is 4. The first-order chi connectivity index (χ1) is 14.5. The zero-order chi connectivity index (χ0) is 20.9. The summed E-state index contributed by atoms with van der Waals surface area (Å²) >= 11 is 1.42. The lowest BCUT2D eigenvalue weighted by atomic mass is 9.86. The maximum atomic E-state index is 14.8. The molecule has 1 fully saturated rings. The van der Waals surface area contributed by atoms with Crippen LogP contribution in [0.4, 0.5) is 20.3 Å². The van der Waals surface area contributed by atoms with Gasteiger partial charge in [-0.1, -0.05) is 11.8 Å². The number of nitrogens with one attached hydrogen (secondary N) is 1. The van der Waals surface area contributed by atoms with Crippen molar-refractivity contribution in [3.8, 4) is 6.07 Å². The molecule has 2 aliphatic rings. The van der Waals surface area contributed by atoms with Crippen LogP contribution in [0.2, 0.25) is 0 Å². The van der Waals surface area contributed by atoms with Crippen molar-refractivity contribution in [1.82, 2.24) is 15.0 Å². The van der Waals surface area contributed by atoms with E-state index in [4.69, 9.17) is 11.0 Å². The van der Waals surface area contributed by atoms with Gasteiger partial charge in [0.15, 0.2) is 11.0 Å². The van der Waals surface area contributed by atoms with Gasteiger partial charge in [0.2, 0.25) is 0 Å². The van der Waals surface area contributed by atoms with E-state index >= 15 is 0 Å². The minimum atomic E-state index is -1.31. The van der Waals surface area contributed by atoms with Crippen molar-refractivity contribution in [2.24, 2.45) is 16.6 Å². The molecule has 3 N–H and O–H groups in total. The van der Waals surface area contributed by atoms with Crippen molar-refractivity contribution >= 4 is 39.5 Å².